The fourth-order valence-electron chi connectivity index (χ4n) is 1.26. The van der Waals surface area contributed by atoms with E-state index in [1.807, 2.05) is 0 Å². The number of rotatable bonds is 2. The molecular formula is C10H9ClN2O2S. The van der Waals surface area contributed by atoms with Crippen molar-refractivity contribution in [3.8, 4) is 0 Å². The predicted octanol–water partition coefficient (Wildman–Crippen LogP) is 2.08. The lowest BCUT2D eigenvalue weighted by atomic mass is 10.3. The van der Waals surface area contributed by atoms with Crippen molar-refractivity contribution in [2.45, 2.75) is 11.9 Å². The van der Waals surface area contributed by atoms with Crippen molar-refractivity contribution in [3.05, 3.63) is 29.4 Å². The molecule has 0 radical (unpaired) electrons. The highest BCUT2D eigenvalue weighted by molar-refractivity contribution is 7.91. The van der Waals surface area contributed by atoms with E-state index in [0.29, 0.717) is 16.1 Å². The SMILES string of the molecule is CCS(=O)(=O)c1cnc2cc(Cl)ccc2n1. The van der Waals surface area contributed by atoms with E-state index in [2.05, 4.69) is 9.97 Å². The lowest BCUT2D eigenvalue weighted by molar-refractivity contribution is 0.593. The van der Waals surface area contributed by atoms with Crippen LogP contribution in [-0.2, 0) is 9.84 Å². The average molecular weight is 257 g/mol. The molecule has 0 bridgehead atoms. The number of hydrogen-bond acceptors (Lipinski definition) is 4. The minimum Gasteiger partial charge on any atom is -0.252 e. The first-order chi connectivity index (χ1) is 7.53. The topological polar surface area (TPSA) is 59.9 Å². The summed E-state index contributed by atoms with van der Waals surface area (Å²) in [4.78, 5) is 8.08. The molecule has 1 heterocycles. The van der Waals surface area contributed by atoms with E-state index in [4.69, 9.17) is 11.6 Å². The summed E-state index contributed by atoms with van der Waals surface area (Å²) in [5.74, 6) is 0.0147. The molecule has 2 aromatic rings. The molecule has 0 aliphatic rings. The minimum absolute atomic E-state index is 0.00447. The largest absolute Gasteiger partial charge is 0.252 e. The molecule has 1 aromatic heterocycles. The molecule has 6 heteroatoms. The third-order valence-corrected chi connectivity index (χ3v) is 4.01. The molecule has 2 rings (SSSR count). The second-order valence-corrected chi connectivity index (χ2v) is 5.91. The van der Waals surface area contributed by atoms with Crippen LogP contribution in [0.2, 0.25) is 5.02 Å². The van der Waals surface area contributed by atoms with Crippen molar-refractivity contribution >= 4 is 32.5 Å². The van der Waals surface area contributed by atoms with Crippen LogP contribution in [0.5, 0.6) is 0 Å². The Morgan fingerprint density at radius 3 is 2.75 bits per heavy atom. The number of benzene rings is 1. The third-order valence-electron chi connectivity index (χ3n) is 2.18. The van der Waals surface area contributed by atoms with Gasteiger partial charge < -0.3 is 0 Å². The smallest absolute Gasteiger partial charge is 0.196 e. The summed E-state index contributed by atoms with van der Waals surface area (Å²) in [7, 11) is -3.31. The number of aromatic nitrogens is 2. The third kappa shape index (κ3) is 2.01. The van der Waals surface area contributed by atoms with Crippen molar-refractivity contribution in [1.82, 2.24) is 9.97 Å². The zero-order valence-corrected chi connectivity index (χ0v) is 10.1. The van der Waals surface area contributed by atoms with Crippen LogP contribution in [0.1, 0.15) is 6.92 Å². The van der Waals surface area contributed by atoms with Gasteiger partial charge >= 0.3 is 0 Å². The Bertz CT molecular complexity index is 640. The normalized spacial score (nSPS) is 11.9. The van der Waals surface area contributed by atoms with Crippen molar-refractivity contribution < 1.29 is 8.42 Å². The summed E-state index contributed by atoms with van der Waals surface area (Å²) < 4.78 is 23.2. The number of halogens is 1. The summed E-state index contributed by atoms with van der Waals surface area (Å²) >= 11 is 5.79. The van der Waals surface area contributed by atoms with E-state index in [1.54, 1.807) is 25.1 Å². The van der Waals surface area contributed by atoms with Crippen LogP contribution < -0.4 is 0 Å². The standard InChI is InChI=1S/C10H9ClN2O2S/c1-2-16(14,15)10-6-12-9-5-7(11)3-4-8(9)13-10/h3-6H,2H2,1H3. The molecule has 4 nitrogen and oxygen atoms in total. The molecule has 0 atom stereocenters. The molecular weight excluding hydrogens is 248 g/mol. The molecule has 0 aliphatic carbocycles. The van der Waals surface area contributed by atoms with E-state index in [0.717, 1.165) is 0 Å². The molecule has 0 amide bonds. The maximum absolute atomic E-state index is 11.6. The first-order valence-electron chi connectivity index (χ1n) is 4.68. The quantitative estimate of drug-likeness (QED) is 0.825. The average Bonchev–Trinajstić information content (AvgIpc) is 2.28. The molecule has 0 saturated heterocycles. The Balaban J connectivity index is 2.66. The van der Waals surface area contributed by atoms with E-state index in [-0.39, 0.29) is 10.8 Å². The van der Waals surface area contributed by atoms with Gasteiger partial charge in [-0.15, -0.1) is 0 Å². The van der Waals surface area contributed by atoms with Gasteiger partial charge in [0.15, 0.2) is 14.9 Å². The van der Waals surface area contributed by atoms with E-state index in [1.165, 1.54) is 6.20 Å². The molecule has 0 unspecified atom stereocenters. The maximum atomic E-state index is 11.6. The van der Waals surface area contributed by atoms with Crippen LogP contribution in [0, 0.1) is 0 Å². The summed E-state index contributed by atoms with van der Waals surface area (Å²) in [5, 5.41) is 0.553. The van der Waals surface area contributed by atoms with Gasteiger partial charge in [-0.3, -0.25) is 4.98 Å². The van der Waals surface area contributed by atoms with Gasteiger partial charge in [0.05, 0.1) is 23.0 Å². The zero-order valence-electron chi connectivity index (χ0n) is 8.51. The van der Waals surface area contributed by atoms with Crippen molar-refractivity contribution in [1.29, 1.82) is 0 Å². The number of nitrogens with zero attached hydrogens (tertiary/aromatic N) is 2. The molecule has 0 saturated carbocycles. The van der Waals surface area contributed by atoms with Crippen molar-refractivity contribution in [2.75, 3.05) is 5.75 Å². The van der Waals surface area contributed by atoms with Crippen LogP contribution in [0.25, 0.3) is 11.0 Å². The van der Waals surface area contributed by atoms with Crippen LogP contribution in [-0.4, -0.2) is 24.1 Å². The van der Waals surface area contributed by atoms with Crippen LogP contribution >= 0.6 is 11.6 Å². The molecule has 0 fully saturated rings. The predicted molar refractivity (Wildman–Crippen MR) is 62.3 cm³/mol. The number of sulfone groups is 1. The van der Waals surface area contributed by atoms with Crippen LogP contribution in [0.15, 0.2) is 29.4 Å². The van der Waals surface area contributed by atoms with E-state index in [9.17, 15) is 8.42 Å². The highest BCUT2D eigenvalue weighted by Crippen LogP contribution is 2.17. The van der Waals surface area contributed by atoms with E-state index >= 15 is 0 Å². The summed E-state index contributed by atoms with van der Waals surface area (Å²) in [5.41, 5.74) is 1.11. The Labute approximate surface area is 98.2 Å². The van der Waals surface area contributed by atoms with Gasteiger partial charge in [-0.25, -0.2) is 13.4 Å². The lowest BCUT2D eigenvalue weighted by Crippen LogP contribution is -2.06. The molecule has 0 aliphatic heterocycles. The Hall–Kier alpha value is -1.20. The molecule has 1 aromatic carbocycles. The van der Waals surface area contributed by atoms with Gasteiger partial charge in [0, 0.05) is 5.02 Å². The maximum Gasteiger partial charge on any atom is 0.196 e. The van der Waals surface area contributed by atoms with Gasteiger partial charge in [-0.05, 0) is 18.2 Å². The zero-order chi connectivity index (χ0) is 11.8. The Morgan fingerprint density at radius 1 is 1.31 bits per heavy atom. The summed E-state index contributed by atoms with van der Waals surface area (Å²) in [6, 6.07) is 4.95. The fraction of sp³-hybridized carbons (Fsp3) is 0.200. The molecule has 0 N–H and O–H groups in total. The minimum atomic E-state index is -3.31. The van der Waals surface area contributed by atoms with Crippen LogP contribution in [0.4, 0.5) is 0 Å². The van der Waals surface area contributed by atoms with Gasteiger partial charge in [0.2, 0.25) is 0 Å². The summed E-state index contributed by atoms with van der Waals surface area (Å²) in [6.45, 7) is 1.57. The first-order valence-corrected chi connectivity index (χ1v) is 6.71. The van der Waals surface area contributed by atoms with Crippen molar-refractivity contribution in [3.63, 3.8) is 0 Å². The second-order valence-electron chi connectivity index (χ2n) is 3.24. The summed E-state index contributed by atoms with van der Waals surface area (Å²) in [6.07, 6.45) is 1.26. The second kappa shape index (κ2) is 3.99. The molecule has 16 heavy (non-hydrogen) atoms. The highest BCUT2D eigenvalue weighted by Gasteiger charge is 2.14. The highest BCUT2D eigenvalue weighted by atomic mass is 35.5. The molecule has 84 valence electrons. The Kier molecular flexibility index (Phi) is 2.82. The number of fused-ring (bicyclic) bond motifs is 1. The van der Waals surface area contributed by atoms with Gasteiger partial charge in [-0.2, -0.15) is 0 Å². The Morgan fingerprint density at radius 2 is 2.06 bits per heavy atom. The van der Waals surface area contributed by atoms with Gasteiger partial charge in [0.25, 0.3) is 0 Å². The first kappa shape index (κ1) is 11.3. The van der Waals surface area contributed by atoms with Crippen molar-refractivity contribution in [2.24, 2.45) is 0 Å². The molecule has 0 spiro atoms. The monoisotopic (exact) mass is 256 g/mol. The van der Waals surface area contributed by atoms with E-state index < -0.39 is 9.84 Å². The van der Waals surface area contributed by atoms with Crippen LogP contribution in [0.3, 0.4) is 0 Å². The lowest BCUT2D eigenvalue weighted by Gasteiger charge is -2.02. The van der Waals surface area contributed by atoms with Gasteiger partial charge in [0.1, 0.15) is 0 Å². The fourth-order valence-corrected chi connectivity index (χ4v) is 2.18. The number of hydrogen-bond donors (Lipinski definition) is 0. The van der Waals surface area contributed by atoms with Gasteiger partial charge in [-0.1, -0.05) is 18.5 Å².